The maximum absolute atomic E-state index is 12.4. The first-order chi connectivity index (χ1) is 11.2. The lowest BCUT2D eigenvalue weighted by atomic mass is 10.1. The van der Waals surface area contributed by atoms with Crippen molar-refractivity contribution >= 4 is 44.6 Å². The van der Waals surface area contributed by atoms with Crippen LogP contribution < -0.4 is 10.2 Å². The van der Waals surface area contributed by atoms with E-state index in [1.54, 1.807) is 0 Å². The fourth-order valence-corrected chi connectivity index (χ4v) is 4.28. The Bertz CT molecular complexity index is 875. The van der Waals surface area contributed by atoms with Crippen LogP contribution in [0.15, 0.2) is 48.5 Å². The van der Waals surface area contributed by atoms with Gasteiger partial charge in [0.2, 0.25) is 0 Å². The molecule has 0 spiro atoms. The van der Waals surface area contributed by atoms with Crippen molar-refractivity contribution in [2.45, 2.75) is 6.54 Å². The Kier molecular flexibility index (Phi) is 3.71. The number of carbonyl (C=O) groups is 1. The molecule has 2 heterocycles. The Morgan fingerprint density at radius 1 is 1.17 bits per heavy atom. The zero-order valence-electron chi connectivity index (χ0n) is 12.4. The number of thiophene rings is 1. The van der Waals surface area contributed by atoms with Crippen molar-refractivity contribution in [2.24, 2.45) is 0 Å². The van der Waals surface area contributed by atoms with Gasteiger partial charge in [-0.15, -0.1) is 11.3 Å². The number of nitrogens with zero attached hydrogens (tertiary/aromatic N) is 1. The first kappa shape index (κ1) is 14.5. The summed E-state index contributed by atoms with van der Waals surface area (Å²) in [7, 11) is 0. The summed E-state index contributed by atoms with van der Waals surface area (Å²) in [4.78, 5) is 15.4. The Balaban J connectivity index is 1.86. The highest BCUT2D eigenvalue weighted by atomic mass is 35.5. The summed E-state index contributed by atoms with van der Waals surface area (Å²) in [6.07, 6.45) is 0. The smallest absolute Gasteiger partial charge is 0.263 e. The highest BCUT2D eigenvalue weighted by Crippen LogP contribution is 2.40. The van der Waals surface area contributed by atoms with Crippen molar-refractivity contribution in [3.05, 3.63) is 64.0 Å². The first-order valence-electron chi connectivity index (χ1n) is 7.51. The van der Waals surface area contributed by atoms with E-state index >= 15 is 0 Å². The molecule has 0 radical (unpaired) electrons. The van der Waals surface area contributed by atoms with Gasteiger partial charge in [0.05, 0.1) is 5.69 Å². The Morgan fingerprint density at radius 3 is 2.83 bits per heavy atom. The first-order valence-corrected chi connectivity index (χ1v) is 8.71. The number of nitrogens with one attached hydrogen (secondary N) is 1. The van der Waals surface area contributed by atoms with Gasteiger partial charge in [0.1, 0.15) is 4.88 Å². The van der Waals surface area contributed by atoms with E-state index < -0.39 is 0 Å². The highest BCUT2D eigenvalue weighted by Gasteiger charge is 2.26. The van der Waals surface area contributed by atoms with E-state index in [2.05, 4.69) is 22.3 Å². The van der Waals surface area contributed by atoms with Gasteiger partial charge in [-0.3, -0.25) is 4.79 Å². The minimum atomic E-state index is 0.00730. The van der Waals surface area contributed by atoms with Gasteiger partial charge in [-0.05, 0) is 23.8 Å². The van der Waals surface area contributed by atoms with E-state index in [1.807, 2.05) is 36.4 Å². The van der Waals surface area contributed by atoms with Crippen molar-refractivity contribution < 1.29 is 4.79 Å². The van der Waals surface area contributed by atoms with Crippen molar-refractivity contribution in [1.29, 1.82) is 0 Å². The second kappa shape index (κ2) is 5.87. The quantitative estimate of drug-likeness (QED) is 0.752. The lowest BCUT2D eigenvalue weighted by Gasteiger charge is -2.23. The molecule has 0 atom stereocenters. The van der Waals surface area contributed by atoms with Gasteiger partial charge in [-0.1, -0.05) is 41.9 Å². The third-order valence-electron chi connectivity index (χ3n) is 4.03. The maximum atomic E-state index is 12.4. The molecule has 2 aromatic carbocycles. The van der Waals surface area contributed by atoms with Gasteiger partial charge in [-0.2, -0.15) is 0 Å². The monoisotopic (exact) mass is 342 g/mol. The molecule has 0 fully saturated rings. The minimum Gasteiger partial charge on any atom is -0.364 e. The molecule has 1 N–H and O–H groups in total. The maximum Gasteiger partial charge on any atom is 0.263 e. The van der Waals surface area contributed by atoms with Crippen LogP contribution in [0.3, 0.4) is 0 Å². The Morgan fingerprint density at radius 2 is 2.00 bits per heavy atom. The van der Waals surface area contributed by atoms with E-state index in [4.69, 9.17) is 11.6 Å². The largest absolute Gasteiger partial charge is 0.364 e. The normalized spacial score (nSPS) is 14.5. The lowest BCUT2D eigenvalue weighted by Crippen LogP contribution is -2.29. The number of amides is 1. The summed E-state index contributed by atoms with van der Waals surface area (Å²) in [6, 6.07) is 16.2. The lowest BCUT2D eigenvalue weighted by molar-refractivity contribution is 0.0962. The summed E-state index contributed by atoms with van der Waals surface area (Å²) < 4.78 is 1.09. The zero-order chi connectivity index (χ0) is 15.8. The standard InChI is InChI=1S/C18H15ClN2OS/c19-13-6-7-15-14(10-13)16-17(23-15)18(22)20-8-9-21(16)11-12-4-2-1-3-5-12/h1-7,10H,8-9,11H2,(H,20,22). The molecule has 23 heavy (non-hydrogen) atoms. The topological polar surface area (TPSA) is 32.3 Å². The molecule has 3 nitrogen and oxygen atoms in total. The van der Waals surface area contributed by atoms with Gasteiger partial charge in [0.25, 0.3) is 5.91 Å². The third kappa shape index (κ3) is 2.69. The Hall–Kier alpha value is -2.04. The van der Waals surface area contributed by atoms with Crippen LogP contribution in [0.4, 0.5) is 5.69 Å². The van der Waals surface area contributed by atoms with Crippen LogP contribution in [0.2, 0.25) is 5.02 Å². The van der Waals surface area contributed by atoms with Gasteiger partial charge in [-0.25, -0.2) is 0 Å². The number of halogens is 1. The molecular weight excluding hydrogens is 328 g/mol. The summed E-state index contributed by atoms with van der Waals surface area (Å²) in [6.45, 7) is 2.21. The average molecular weight is 343 g/mol. The molecular formula is C18H15ClN2OS. The number of hydrogen-bond acceptors (Lipinski definition) is 3. The number of benzene rings is 2. The molecule has 4 rings (SSSR count). The molecule has 1 aliphatic rings. The molecule has 0 bridgehead atoms. The summed E-state index contributed by atoms with van der Waals surface area (Å²) in [5, 5.41) is 4.75. The summed E-state index contributed by atoms with van der Waals surface area (Å²) >= 11 is 7.72. The zero-order valence-corrected chi connectivity index (χ0v) is 14.0. The van der Waals surface area contributed by atoms with Gasteiger partial charge in [0.15, 0.2) is 0 Å². The van der Waals surface area contributed by atoms with Crippen LogP contribution in [0.25, 0.3) is 10.1 Å². The van der Waals surface area contributed by atoms with Gasteiger partial charge >= 0.3 is 0 Å². The van der Waals surface area contributed by atoms with E-state index in [9.17, 15) is 4.79 Å². The van der Waals surface area contributed by atoms with Crippen LogP contribution in [-0.2, 0) is 6.54 Å². The van der Waals surface area contributed by atoms with E-state index in [0.717, 1.165) is 33.7 Å². The molecule has 1 aromatic heterocycles. The number of carbonyl (C=O) groups excluding carboxylic acids is 1. The molecule has 3 aromatic rings. The van der Waals surface area contributed by atoms with Crippen LogP contribution in [0.5, 0.6) is 0 Å². The molecule has 5 heteroatoms. The number of fused-ring (bicyclic) bond motifs is 3. The predicted molar refractivity (Wildman–Crippen MR) is 96.7 cm³/mol. The van der Waals surface area contributed by atoms with Crippen molar-refractivity contribution in [2.75, 3.05) is 18.0 Å². The van der Waals surface area contributed by atoms with E-state index in [0.29, 0.717) is 11.6 Å². The molecule has 0 saturated heterocycles. The average Bonchev–Trinajstić information content (AvgIpc) is 2.86. The molecule has 0 aliphatic carbocycles. The van der Waals surface area contributed by atoms with Crippen LogP contribution in [-0.4, -0.2) is 19.0 Å². The molecule has 0 saturated carbocycles. The fraction of sp³-hybridized carbons (Fsp3) is 0.167. The van der Waals surface area contributed by atoms with Gasteiger partial charge < -0.3 is 10.2 Å². The van der Waals surface area contributed by atoms with Crippen molar-refractivity contribution in [3.63, 3.8) is 0 Å². The van der Waals surface area contributed by atoms with Crippen LogP contribution in [0, 0.1) is 0 Å². The molecule has 0 unspecified atom stereocenters. The fourth-order valence-electron chi connectivity index (χ4n) is 2.98. The van der Waals surface area contributed by atoms with Crippen molar-refractivity contribution in [1.82, 2.24) is 5.32 Å². The molecule has 116 valence electrons. The van der Waals surface area contributed by atoms with Crippen molar-refractivity contribution in [3.8, 4) is 0 Å². The summed E-state index contributed by atoms with van der Waals surface area (Å²) in [5.74, 6) is 0.00730. The third-order valence-corrected chi connectivity index (χ3v) is 5.42. The van der Waals surface area contributed by atoms with Crippen LogP contribution in [0.1, 0.15) is 15.2 Å². The second-order valence-corrected chi connectivity index (χ2v) is 7.07. The second-order valence-electron chi connectivity index (χ2n) is 5.58. The predicted octanol–water partition coefficient (Wildman–Crippen LogP) is 4.30. The summed E-state index contributed by atoms with van der Waals surface area (Å²) in [5.41, 5.74) is 2.24. The van der Waals surface area contributed by atoms with E-state index in [1.165, 1.54) is 16.9 Å². The van der Waals surface area contributed by atoms with Gasteiger partial charge in [0, 0.05) is 34.7 Å². The van der Waals surface area contributed by atoms with E-state index in [-0.39, 0.29) is 5.91 Å². The Labute approximate surface area is 143 Å². The molecule has 1 amide bonds. The van der Waals surface area contributed by atoms with Crippen LogP contribution >= 0.6 is 22.9 Å². The number of rotatable bonds is 2. The minimum absolute atomic E-state index is 0.00730. The SMILES string of the molecule is O=C1NCCN(Cc2ccccc2)c2c1sc1ccc(Cl)cc21. The molecule has 1 aliphatic heterocycles. The number of hydrogen-bond donors (Lipinski definition) is 1. The number of anilines is 1. The highest BCUT2D eigenvalue weighted by molar-refractivity contribution is 7.21.